The van der Waals surface area contributed by atoms with Crippen molar-refractivity contribution in [2.45, 2.75) is 19.0 Å². The zero-order chi connectivity index (χ0) is 25.5. The number of rotatable bonds is 9. The Hall–Kier alpha value is -4.66. The second-order valence-electron chi connectivity index (χ2n) is 7.31. The number of hydrogen-bond acceptors (Lipinski definition) is 8. The zero-order valence-corrected chi connectivity index (χ0v) is 19.0. The Balaban J connectivity index is 2.01. The molecule has 0 saturated heterocycles. The van der Waals surface area contributed by atoms with Crippen molar-refractivity contribution in [3.63, 3.8) is 0 Å². The summed E-state index contributed by atoms with van der Waals surface area (Å²) in [6.45, 7) is 1.53. The second kappa shape index (κ2) is 11.0. The van der Waals surface area contributed by atoms with E-state index < -0.39 is 29.8 Å². The molecule has 0 aliphatic heterocycles. The largest absolute Gasteiger partial charge is 0.481 e. The standard InChI is InChI=1S/C23H22F2N6O4/c1-12(27-23(32)33)20(13-5-4-6-15(24)7-13)30-22-17(25)8-14(11-26)21(31-22)28-16-9-18(34-2)29-19(10-16)35-3/h4-10,12,20,27H,1-3H3,(H,32,33)(H2,28,29,30,31)/t12-,20+/m0/s1. The number of nitrogens with zero attached hydrogens (tertiary/aromatic N) is 3. The van der Waals surface area contributed by atoms with Crippen LogP contribution in [0, 0.1) is 23.0 Å². The summed E-state index contributed by atoms with van der Waals surface area (Å²) in [6, 6.07) is 9.64. The van der Waals surface area contributed by atoms with E-state index >= 15 is 0 Å². The summed E-state index contributed by atoms with van der Waals surface area (Å²) >= 11 is 0. The number of hydrogen-bond donors (Lipinski definition) is 4. The third-order valence-electron chi connectivity index (χ3n) is 4.91. The lowest BCUT2D eigenvalue weighted by Crippen LogP contribution is -2.39. The van der Waals surface area contributed by atoms with Crippen LogP contribution in [-0.4, -0.2) is 41.4 Å². The summed E-state index contributed by atoms with van der Waals surface area (Å²) in [5.74, 6) is -1.23. The van der Waals surface area contributed by atoms with Crippen LogP contribution < -0.4 is 25.4 Å². The highest BCUT2D eigenvalue weighted by Gasteiger charge is 2.24. The van der Waals surface area contributed by atoms with Crippen molar-refractivity contribution in [2.75, 3.05) is 24.9 Å². The van der Waals surface area contributed by atoms with E-state index in [2.05, 4.69) is 25.9 Å². The fraction of sp³-hybridized carbons (Fsp3) is 0.217. The molecule has 0 spiro atoms. The number of anilines is 3. The molecular formula is C23H22F2N6O4. The molecule has 35 heavy (non-hydrogen) atoms. The lowest BCUT2D eigenvalue weighted by Gasteiger charge is -2.26. The van der Waals surface area contributed by atoms with Crippen LogP contribution >= 0.6 is 0 Å². The Kier molecular flexibility index (Phi) is 7.83. The maximum atomic E-state index is 14.9. The summed E-state index contributed by atoms with van der Waals surface area (Å²) < 4.78 is 39.0. The SMILES string of the molecule is COc1cc(Nc2nc(N[C@@H](c3cccc(F)c3)[C@H](C)NC(=O)O)c(F)cc2C#N)cc(OC)n1. The Morgan fingerprint density at radius 2 is 1.77 bits per heavy atom. The minimum absolute atomic E-state index is 0.00328. The van der Waals surface area contributed by atoms with Crippen molar-refractivity contribution < 1.29 is 28.2 Å². The molecule has 0 saturated carbocycles. The summed E-state index contributed by atoms with van der Waals surface area (Å²) in [5.41, 5.74) is 0.662. The Morgan fingerprint density at radius 1 is 1.09 bits per heavy atom. The van der Waals surface area contributed by atoms with Crippen LogP contribution in [0.3, 0.4) is 0 Å². The first-order valence-corrected chi connectivity index (χ1v) is 10.2. The van der Waals surface area contributed by atoms with Crippen molar-refractivity contribution in [3.8, 4) is 17.8 Å². The van der Waals surface area contributed by atoms with E-state index in [-0.39, 0.29) is 29.0 Å². The van der Waals surface area contributed by atoms with Crippen molar-refractivity contribution >= 4 is 23.4 Å². The molecule has 0 aliphatic rings. The number of nitriles is 1. The molecule has 0 aliphatic carbocycles. The number of methoxy groups -OCH3 is 2. The van der Waals surface area contributed by atoms with Crippen molar-refractivity contribution in [2.24, 2.45) is 0 Å². The monoisotopic (exact) mass is 484 g/mol. The van der Waals surface area contributed by atoms with Crippen LogP contribution in [0.4, 0.5) is 30.9 Å². The number of halogens is 2. The van der Waals surface area contributed by atoms with Gasteiger partial charge in [-0.15, -0.1) is 0 Å². The first kappa shape index (κ1) is 25.0. The van der Waals surface area contributed by atoms with Gasteiger partial charge in [0.25, 0.3) is 0 Å². The van der Waals surface area contributed by atoms with Gasteiger partial charge < -0.3 is 30.5 Å². The summed E-state index contributed by atoms with van der Waals surface area (Å²) in [6.07, 6.45) is -1.31. The topological polar surface area (TPSA) is 141 Å². The van der Waals surface area contributed by atoms with Crippen molar-refractivity contribution in [1.29, 1.82) is 5.26 Å². The van der Waals surface area contributed by atoms with Gasteiger partial charge in [0.15, 0.2) is 17.5 Å². The van der Waals surface area contributed by atoms with E-state index in [1.165, 1.54) is 51.5 Å². The van der Waals surface area contributed by atoms with Gasteiger partial charge in [0.05, 0.1) is 37.6 Å². The normalized spacial score (nSPS) is 12.1. The average Bonchev–Trinajstić information content (AvgIpc) is 2.83. The molecule has 2 heterocycles. The van der Waals surface area contributed by atoms with Crippen LogP contribution in [0.2, 0.25) is 0 Å². The van der Waals surface area contributed by atoms with E-state index in [1.54, 1.807) is 6.07 Å². The molecule has 0 fully saturated rings. The molecule has 2 aromatic heterocycles. The maximum Gasteiger partial charge on any atom is 0.404 e. The van der Waals surface area contributed by atoms with Crippen LogP contribution in [0.5, 0.6) is 11.8 Å². The number of carbonyl (C=O) groups is 1. The van der Waals surface area contributed by atoms with E-state index in [9.17, 15) is 18.8 Å². The lowest BCUT2D eigenvalue weighted by atomic mass is 10.00. The smallest absolute Gasteiger partial charge is 0.404 e. The van der Waals surface area contributed by atoms with E-state index in [4.69, 9.17) is 14.6 Å². The number of aromatic nitrogens is 2. The van der Waals surface area contributed by atoms with Gasteiger partial charge in [-0.2, -0.15) is 10.2 Å². The molecule has 1 amide bonds. The number of ether oxygens (including phenoxy) is 2. The van der Waals surface area contributed by atoms with Crippen molar-refractivity contribution in [1.82, 2.24) is 15.3 Å². The molecule has 12 heteroatoms. The molecule has 2 atom stereocenters. The minimum atomic E-state index is -1.31. The highest BCUT2D eigenvalue weighted by atomic mass is 19.1. The molecule has 0 bridgehead atoms. The quantitative estimate of drug-likeness (QED) is 0.352. The highest BCUT2D eigenvalue weighted by Crippen LogP contribution is 2.30. The molecular weight excluding hydrogens is 462 g/mol. The van der Waals surface area contributed by atoms with Gasteiger partial charge in [0, 0.05) is 12.1 Å². The predicted molar refractivity (Wildman–Crippen MR) is 123 cm³/mol. The Bertz CT molecular complexity index is 1240. The second-order valence-corrected chi connectivity index (χ2v) is 7.31. The van der Waals surface area contributed by atoms with Crippen LogP contribution in [0.1, 0.15) is 24.1 Å². The van der Waals surface area contributed by atoms with Crippen molar-refractivity contribution in [3.05, 3.63) is 65.2 Å². The number of benzene rings is 1. The van der Waals surface area contributed by atoms with E-state index in [0.717, 1.165) is 6.07 Å². The molecule has 3 aromatic rings. The van der Waals surface area contributed by atoms with Gasteiger partial charge in [-0.3, -0.25) is 0 Å². The molecule has 0 unspecified atom stereocenters. The van der Waals surface area contributed by atoms with Crippen LogP contribution in [-0.2, 0) is 0 Å². The predicted octanol–water partition coefficient (Wildman–Crippen LogP) is 4.20. The molecule has 3 rings (SSSR count). The van der Waals surface area contributed by atoms with Gasteiger partial charge in [0.1, 0.15) is 11.9 Å². The molecule has 0 radical (unpaired) electrons. The maximum absolute atomic E-state index is 14.9. The molecule has 1 aromatic carbocycles. The number of pyridine rings is 2. The van der Waals surface area contributed by atoms with Gasteiger partial charge in [0.2, 0.25) is 11.8 Å². The third kappa shape index (κ3) is 6.23. The zero-order valence-electron chi connectivity index (χ0n) is 19.0. The first-order chi connectivity index (χ1) is 16.7. The van der Waals surface area contributed by atoms with Crippen LogP contribution in [0.15, 0.2) is 42.5 Å². The fourth-order valence-corrected chi connectivity index (χ4v) is 3.29. The first-order valence-electron chi connectivity index (χ1n) is 10.2. The number of amides is 1. The Labute approximate surface area is 199 Å². The number of nitrogens with one attached hydrogen (secondary N) is 3. The van der Waals surface area contributed by atoms with Crippen LogP contribution in [0.25, 0.3) is 0 Å². The molecule has 182 valence electrons. The number of carboxylic acid groups (broad SMARTS) is 1. The summed E-state index contributed by atoms with van der Waals surface area (Å²) in [7, 11) is 2.84. The Morgan fingerprint density at radius 3 is 2.34 bits per heavy atom. The van der Waals surface area contributed by atoms with Gasteiger partial charge >= 0.3 is 6.09 Å². The average molecular weight is 484 g/mol. The van der Waals surface area contributed by atoms with Gasteiger partial charge in [-0.25, -0.2) is 18.6 Å². The highest BCUT2D eigenvalue weighted by molar-refractivity contribution is 5.67. The summed E-state index contributed by atoms with van der Waals surface area (Å²) in [5, 5.41) is 26.7. The summed E-state index contributed by atoms with van der Waals surface area (Å²) in [4.78, 5) is 19.5. The van der Waals surface area contributed by atoms with E-state index in [0.29, 0.717) is 11.3 Å². The minimum Gasteiger partial charge on any atom is -0.481 e. The van der Waals surface area contributed by atoms with Gasteiger partial charge in [-0.1, -0.05) is 12.1 Å². The van der Waals surface area contributed by atoms with Gasteiger partial charge in [-0.05, 0) is 30.7 Å². The third-order valence-corrected chi connectivity index (χ3v) is 4.91. The lowest BCUT2D eigenvalue weighted by molar-refractivity contribution is 0.189. The molecule has 4 N–H and O–H groups in total. The van der Waals surface area contributed by atoms with E-state index in [1.807, 2.05) is 6.07 Å². The molecule has 10 nitrogen and oxygen atoms in total. The fourth-order valence-electron chi connectivity index (χ4n) is 3.29.